The molecule has 0 saturated carbocycles. The van der Waals surface area contributed by atoms with E-state index in [0.717, 1.165) is 41.3 Å². The molecule has 0 bridgehead atoms. The Balaban J connectivity index is 1.39. The minimum atomic E-state index is 0.519. The average Bonchev–Trinajstić information content (AvgIpc) is 2.77. The van der Waals surface area contributed by atoms with E-state index in [9.17, 15) is 0 Å². The maximum atomic E-state index is 5.82. The molecule has 0 saturated heterocycles. The molecule has 0 fully saturated rings. The first kappa shape index (κ1) is 17.3. The smallest absolute Gasteiger partial charge is 0.219 e. The zero-order chi connectivity index (χ0) is 19.6. The van der Waals surface area contributed by atoms with Gasteiger partial charge in [0.05, 0.1) is 23.3 Å². The Bertz CT molecular complexity index is 1170. The molecule has 6 nitrogen and oxygen atoms in total. The second kappa shape index (κ2) is 7.31. The molecule has 3 heterocycles. The SMILES string of the molecule is Cc1ncccc1Oc1ccc(Nc2ncnc3c2CCc2ccccc2-3)cn1. The van der Waals surface area contributed by atoms with Crippen molar-refractivity contribution < 1.29 is 4.74 Å². The molecule has 1 aliphatic rings. The van der Waals surface area contributed by atoms with E-state index in [1.807, 2.05) is 31.2 Å². The lowest BCUT2D eigenvalue weighted by molar-refractivity contribution is 0.457. The van der Waals surface area contributed by atoms with Gasteiger partial charge in [-0.05, 0) is 43.5 Å². The number of aromatic nitrogens is 4. The lowest BCUT2D eigenvalue weighted by Gasteiger charge is -2.21. The predicted molar refractivity (Wildman–Crippen MR) is 111 cm³/mol. The van der Waals surface area contributed by atoms with E-state index in [1.165, 1.54) is 11.1 Å². The van der Waals surface area contributed by atoms with Crippen molar-refractivity contribution in [2.24, 2.45) is 0 Å². The minimum absolute atomic E-state index is 0.519. The van der Waals surface area contributed by atoms with Gasteiger partial charge in [0, 0.05) is 23.4 Å². The molecule has 3 aromatic heterocycles. The fraction of sp³-hybridized carbons (Fsp3) is 0.130. The van der Waals surface area contributed by atoms with E-state index in [2.05, 4.69) is 49.5 Å². The van der Waals surface area contributed by atoms with Crippen molar-refractivity contribution >= 4 is 11.5 Å². The number of ether oxygens (including phenoxy) is 1. The number of hydrogen-bond acceptors (Lipinski definition) is 6. The van der Waals surface area contributed by atoms with E-state index in [-0.39, 0.29) is 0 Å². The number of rotatable bonds is 4. The van der Waals surface area contributed by atoms with E-state index in [4.69, 9.17) is 4.74 Å². The highest BCUT2D eigenvalue weighted by atomic mass is 16.5. The van der Waals surface area contributed by atoms with Gasteiger partial charge in [0.1, 0.15) is 12.1 Å². The summed E-state index contributed by atoms with van der Waals surface area (Å²) in [5, 5.41) is 3.38. The number of benzene rings is 1. The van der Waals surface area contributed by atoms with Gasteiger partial charge in [-0.25, -0.2) is 15.0 Å². The van der Waals surface area contributed by atoms with Crippen LogP contribution in [0.2, 0.25) is 0 Å². The number of nitrogens with one attached hydrogen (secondary N) is 1. The van der Waals surface area contributed by atoms with E-state index >= 15 is 0 Å². The van der Waals surface area contributed by atoms with Crippen LogP contribution in [0.25, 0.3) is 11.3 Å². The van der Waals surface area contributed by atoms with Crippen molar-refractivity contribution in [1.82, 2.24) is 19.9 Å². The number of pyridine rings is 2. The molecule has 5 rings (SSSR count). The summed E-state index contributed by atoms with van der Waals surface area (Å²) in [5.74, 6) is 2.04. The van der Waals surface area contributed by atoms with Crippen LogP contribution < -0.4 is 10.1 Å². The Morgan fingerprint density at radius 3 is 2.69 bits per heavy atom. The van der Waals surface area contributed by atoms with Crippen molar-refractivity contribution in [2.75, 3.05) is 5.32 Å². The third-order valence-electron chi connectivity index (χ3n) is 5.03. The summed E-state index contributed by atoms with van der Waals surface area (Å²) >= 11 is 0. The van der Waals surface area contributed by atoms with Crippen LogP contribution in [0.4, 0.5) is 11.5 Å². The van der Waals surface area contributed by atoms with Gasteiger partial charge in [-0.15, -0.1) is 0 Å². The van der Waals surface area contributed by atoms with Crippen LogP contribution in [0.1, 0.15) is 16.8 Å². The molecule has 0 spiro atoms. The van der Waals surface area contributed by atoms with Crippen molar-refractivity contribution in [3.63, 3.8) is 0 Å². The Morgan fingerprint density at radius 2 is 1.83 bits per heavy atom. The number of anilines is 2. The summed E-state index contributed by atoms with van der Waals surface area (Å²) < 4.78 is 5.82. The monoisotopic (exact) mass is 381 g/mol. The summed E-state index contributed by atoms with van der Waals surface area (Å²) in [6.07, 6.45) is 6.99. The highest BCUT2D eigenvalue weighted by Crippen LogP contribution is 2.35. The summed E-state index contributed by atoms with van der Waals surface area (Å²) in [6.45, 7) is 1.90. The standard InChI is InChI=1S/C23H19N5O/c1-15-20(7-4-12-24-15)29-21-11-9-17(13-25-21)28-23-19-10-8-16-5-2-3-6-18(16)22(19)26-14-27-23/h2-7,9,11-14H,8,10H2,1H3,(H,26,27,28). The molecule has 0 unspecified atom stereocenters. The highest BCUT2D eigenvalue weighted by molar-refractivity contribution is 5.75. The maximum absolute atomic E-state index is 5.82. The molecule has 142 valence electrons. The first-order valence-electron chi connectivity index (χ1n) is 9.52. The third kappa shape index (κ3) is 3.40. The molecular formula is C23H19N5O. The van der Waals surface area contributed by atoms with Gasteiger partial charge < -0.3 is 10.1 Å². The van der Waals surface area contributed by atoms with Gasteiger partial charge in [0.2, 0.25) is 5.88 Å². The molecule has 0 atom stereocenters. The number of fused-ring (bicyclic) bond motifs is 3. The van der Waals surface area contributed by atoms with Gasteiger partial charge >= 0.3 is 0 Å². The first-order chi connectivity index (χ1) is 14.3. The zero-order valence-corrected chi connectivity index (χ0v) is 16.0. The summed E-state index contributed by atoms with van der Waals surface area (Å²) in [5.41, 5.74) is 6.33. The normalized spacial score (nSPS) is 12.0. The van der Waals surface area contributed by atoms with Gasteiger partial charge in [-0.1, -0.05) is 24.3 Å². The fourth-order valence-electron chi connectivity index (χ4n) is 3.56. The number of hydrogen-bond donors (Lipinski definition) is 1. The van der Waals surface area contributed by atoms with Crippen LogP contribution in [-0.4, -0.2) is 19.9 Å². The molecule has 0 amide bonds. The topological polar surface area (TPSA) is 72.8 Å². The minimum Gasteiger partial charge on any atom is -0.437 e. The summed E-state index contributed by atoms with van der Waals surface area (Å²) in [6, 6.07) is 15.9. The van der Waals surface area contributed by atoms with Gasteiger partial charge in [-0.2, -0.15) is 0 Å². The lowest BCUT2D eigenvalue weighted by atomic mass is 9.89. The molecular weight excluding hydrogens is 362 g/mol. The van der Waals surface area contributed by atoms with Crippen molar-refractivity contribution in [1.29, 1.82) is 0 Å². The molecule has 6 heteroatoms. The lowest BCUT2D eigenvalue weighted by Crippen LogP contribution is -2.10. The Morgan fingerprint density at radius 1 is 0.897 bits per heavy atom. The molecule has 0 aliphatic heterocycles. The van der Waals surface area contributed by atoms with Crippen LogP contribution >= 0.6 is 0 Å². The van der Waals surface area contributed by atoms with Crippen LogP contribution in [0.3, 0.4) is 0 Å². The molecule has 0 radical (unpaired) electrons. The summed E-state index contributed by atoms with van der Waals surface area (Å²) in [4.78, 5) is 17.6. The summed E-state index contributed by atoms with van der Waals surface area (Å²) in [7, 11) is 0. The molecule has 1 aromatic carbocycles. The second-order valence-electron chi connectivity index (χ2n) is 6.91. The van der Waals surface area contributed by atoms with E-state index in [1.54, 1.807) is 18.7 Å². The van der Waals surface area contributed by atoms with Crippen LogP contribution in [-0.2, 0) is 12.8 Å². The second-order valence-corrected chi connectivity index (χ2v) is 6.91. The van der Waals surface area contributed by atoms with E-state index in [0.29, 0.717) is 11.6 Å². The largest absolute Gasteiger partial charge is 0.437 e. The average molecular weight is 381 g/mol. The highest BCUT2D eigenvalue weighted by Gasteiger charge is 2.20. The maximum Gasteiger partial charge on any atom is 0.219 e. The Kier molecular flexibility index (Phi) is 4.37. The van der Waals surface area contributed by atoms with Crippen LogP contribution in [0.15, 0.2) is 67.3 Å². The quantitative estimate of drug-likeness (QED) is 0.543. The molecule has 4 aromatic rings. The van der Waals surface area contributed by atoms with Crippen LogP contribution in [0, 0.1) is 6.92 Å². The van der Waals surface area contributed by atoms with E-state index < -0.39 is 0 Å². The van der Waals surface area contributed by atoms with Crippen LogP contribution in [0.5, 0.6) is 11.6 Å². The number of aryl methyl sites for hydroxylation is 2. The molecule has 1 N–H and O–H groups in total. The predicted octanol–water partition coefficient (Wildman–Crippen LogP) is 4.88. The van der Waals surface area contributed by atoms with Gasteiger partial charge in [0.15, 0.2) is 5.75 Å². The van der Waals surface area contributed by atoms with Gasteiger partial charge in [0.25, 0.3) is 0 Å². The zero-order valence-electron chi connectivity index (χ0n) is 16.0. The van der Waals surface area contributed by atoms with Crippen molar-refractivity contribution in [3.8, 4) is 22.9 Å². The Labute approximate surface area is 168 Å². The van der Waals surface area contributed by atoms with Crippen molar-refractivity contribution in [2.45, 2.75) is 19.8 Å². The first-order valence-corrected chi connectivity index (χ1v) is 9.52. The van der Waals surface area contributed by atoms with Gasteiger partial charge in [-0.3, -0.25) is 4.98 Å². The fourth-order valence-corrected chi connectivity index (χ4v) is 3.56. The molecule has 29 heavy (non-hydrogen) atoms. The molecule has 1 aliphatic carbocycles. The Hall–Kier alpha value is -3.80. The van der Waals surface area contributed by atoms with Crippen molar-refractivity contribution in [3.05, 3.63) is 84.1 Å². The number of nitrogens with zero attached hydrogens (tertiary/aromatic N) is 4. The third-order valence-corrected chi connectivity index (χ3v) is 5.03.